The molecule has 10 heteroatoms. The zero-order valence-corrected chi connectivity index (χ0v) is 13.5. The molecule has 0 aliphatic carbocycles. The third kappa shape index (κ3) is 4.55. The summed E-state index contributed by atoms with van der Waals surface area (Å²) in [6.45, 7) is 2.60. The molecule has 120 valence electrons. The van der Waals surface area contributed by atoms with Gasteiger partial charge in [0.05, 0.1) is 5.75 Å². The Labute approximate surface area is 123 Å². The number of carboxylic acids is 1. The molecular formula is C11H17NO7S2. The van der Waals surface area contributed by atoms with Gasteiger partial charge in [-0.05, 0) is 20.3 Å². The molecule has 0 aromatic carbocycles. The van der Waals surface area contributed by atoms with Crippen LogP contribution >= 0.6 is 0 Å². The lowest BCUT2D eigenvalue weighted by Crippen LogP contribution is -2.27. The predicted octanol–water partition coefficient (Wildman–Crippen LogP) is 0.308. The van der Waals surface area contributed by atoms with Crippen molar-refractivity contribution >= 4 is 25.8 Å². The Hall–Kier alpha value is -1.39. The highest BCUT2D eigenvalue weighted by molar-refractivity contribution is 7.90. The number of hydrogen-bond acceptors (Lipinski definition) is 6. The van der Waals surface area contributed by atoms with Crippen molar-refractivity contribution < 1.29 is 31.2 Å². The fourth-order valence-corrected chi connectivity index (χ4v) is 3.99. The van der Waals surface area contributed by atoms with Crippen molar-refractivity contribution in [2.24, 2.45) is 0 Å². The number of sulfone groups is 1. The fourth-order valence-electron chi connectivity index (χ4n) is 1.85. The van der Waals surface area contributed by atoms with Gasteiger partial charge in [0, 0.05) is 12.8 Å². The van der Waals surface area contributed by atoms with E-state index < -0.39 is 36.3 Å². The number of hydrogen-bond donors (Lipinski definition) is 2. The summed E-state index contributed by atoms with van der Waals surface area (Å²) in [4.78, 5) is 10.7. The Morgan fingerprint density at radius 3 is 2.24 bits per heavy atom. The third-order valence-corrected chi connectivity index (χ3v) is 5.32. The highest BCUT2D eigenvalue weighted by Crippen LogP contribution is 2.26. The minimum absolute atomic E-state index is 0.00323. The van der Waals surface area contributed by atoms with Crippen LogP contribution in [0, 0.1) is 13.8 Å². The number of rotatable bonds is 7. The van der Waals surface area contributed by atoms with Gasteiger partial charge in [0.15, 0.2) is 0 Å². The van der Waals surface area contributed by atoms with E-state index in [-0.39, 0.29) is 30.2 Å². The van der Waals surface area contributed by atoms with Crippen LogP contribution in [0.3, 0.4) is 0 Å². The van der Waals surface area contributed by atoms with Crippen molar-refractivity contribution in [3.8, 4) is 0 Å². The van der Waals surface area contributed by atoms with Crippen LogP contribution < -0.4 is 4.72 Å². The monoisotopic (exact) mass is 339 g/mol. The molecule has 0 saturated carbocycles. The maximum Gasteiger partial charge on any atom is 0.340 e. The van der Waals surface area contributed by atoms with Crippen LogP contribution in [0.15, 0.2) is 9.31 Å². The zero-order valence-electron chi connectivity index (χ0n) is 11.8. The Morgan fingerprint density at radius 2 is 1.76 bits per heavy atom. The third-order valence-electron chi connectivity index (χ3n) is 2.67. The number of sulfonamides is 1. The normalized spacial score (nSPS) is 12.5. The SMILES string of the molecule is Cc1oc(C)c(S(=O)(=O)NCCCS(C)(=O)=O)c1C(=O)O. The molecule has 1 heterocycles. The molecular weight excluding hydrogens is 322 g/mol. The van der Waals surface area contributed by atoms with E-state index in [1.54, 1.807) is 0 Å². The van der Waals surface area contributed by atoms with Crippen LogP contribution in [0.4, 0.5) is 0 Å². The standard InChI is InChI=1S/C11H17NO7S2/c1-7-9(11(13)14)10(8(2)19-7)21(17,18)12-5-4-6-20(3,15)16/h12H,4-6H2,1-3H3,(H,13,14). The molecule has 2 N–H and O–H groups in total. The quantitative estimate of drug-likeness (QED) is 0.683. The predicted molar refractivity (Wildman–Crippen MR) is 74.7 cm³/mol. The topological polar surface area (TPSA) is 131 Å². The van der Waals surface area contributed by atoms with Crippen molar-refractivity contribution in [2.45, 2.75) is 25.2 Å². The second kappa shape index (κ2) is 6.16. The van der Waals surface area contributed by atoms with Gasteiger partial charge in [0.25, 0.3) is 0 Å². The second-order valence-corrected chi connectivity index (χ2v) is 8.57. The Morgan fingerprint density at radius 1 is 1.19 bits per heavy atom. The van der Waals surface area contributed by atoms with Crippen LogP contribution in [0.2, 0.25) is 0 Å². The summed E-state index contributed by atoms with van der Waals surface area (Å²) in [6, 6.07) is 0. The van der Waals surface area contributed by atoms with Gasteiger partial charge < -0.3 is 9.52 Å². The highest BCUT2D eigenvalue weighted by Gasteiger charge is 2.30. The molecule has 0 aliphatic rings. The summed E-state index contributed by atoms with van der Waals surface area (Å²) >= 11 is 0. The summed E-state index contributed by atoms with van der Waals surface area (Å²) in [5, 5.41) is 9.07. The summed E-state index contributed by atoms with van der Waals surface area (Å²) in [7, 11) is -7.26. The molecule has 0 saturated heterocycles. The second-order valence-electron chi connectivity index (χ2n) is 4.60. The summed E-state index contributed by atoms with van der Waals surface area (Å²) in [5.41, 5.74) is -0.414. The molecule has 1 aromatic heterocycles. The van der Waals surface area contributed by atoms with Crippen LogP contribution in [-0.2, 0) is 19.9 Å². The van der Waals surface area contributed by atoms with Crippen LogP contribution in [-0.4, -0.2) is 46.5 Å². The number of aryl methyl sites for hydroxylation is 2. The number of carboxylic acid groups (broad SMARTS) is 1. The lowest BCUT2D eigenvalue weighted by Gasteiger charge is -2.06. The zero-order chi connectivity index (χ0) is 16.4. The lowest BCUT2D eigenvalue weighted by atomic mass is 10.2. The Balaban J connectivity index is 2.97. The molecule has 0 aliphatic heterocycles. The molecule has 21 heavy (non-hydrogen) atoms. The maximum atomic E-state index is 12.1. The molecule has 1 aromatic rings. The van der Waals surface area contributed by atoms with Crippen LogP contribution in [0.1, 0.15) is 28.3 Å². The summed E-state index contributed by atoms with van der Waals surface area (Å²) in [6.07, 6.45) is 1.14. The van der Waals surface area contributed by atoms with Gasteiger partial charge in [-0.25, -0.2) is 26.4 Å². The van der Waals surface area contributed by atoms with Crippen molar-refractivity contribution in [3.63, 3.8) is 0 Å². The van der Waals surface area contributed by atoms with Gasteiger partial charge in [-0.2, -0.15) is 0 Å². The maximum absolute atomic E-state index is 12.1. The smallest absolute Gasteiger partial charge is 0.340 e. The van der Waals surface area contributed by atoms with Crippen molar-refractivity contribution in [2.75, 3.05) is 18.6 Å². The van der Waals surface area contributed by atoms with E-state index in [2.05, 4.69) is 4.72 Å². The molecule has 0 fully saturated rings. The van der Waals surface area contributed by atoms with Gasteiger partial charge in [0.1, 0.15) is 31.8 Å². The van der Waals surface area contributed by atoms with E-state index in [1.807, 2.05) is 0 Å². The molecule has 0 spiro atoms. The van der Waals surface area contributed by atoms with Gasteiger partial charge in [-0.15, -0.1) is 0 Å². The molecule has 8 nitrogen and oxygen atoms in total. The number of nitrogens with one attached hydrogen (secondary N) is 1. The van der Waals surface area contributed by atoms with Gasteiger partial charge in [-0.3, -0.25) is 0 Å². The van der Waals surface area contributed by atoms with Gasteiger partial charge >= 0.3 is 5.97 Å². The number of aromatic carboxylic acids is 1. The number of carbonyl (C=O) groups is 1. The van der Waals surface area contributed by atoms with E-state index in [4.69, 9.17) is 9.52 Å². The Bertz CT molecular complexity index is 744. The number of furan rings is 1. The van der Waals surface area contributed by atoms with Crippen LogP contribution in [0.5, 0.6) is 0 Å². The van der Waals surface area contributed by atoms with Crippen molar-refractivity contribution in [1.82, 2.24) is 4.72 Å². The van der Waals surface area contributed by atoms with E-state index in [0.717, 1.165) is 6.26 Å². The van der Waals surface area contributed by atoms with Gasteiger partial charge in [-0.1, -0.05) is 0 Å². The first kappa shape index (κ1) is 17.7. The summed E-state index contributed by atoms with van der Waals surface area (Å²) < 4.78 is 53.4. The summed E-state index contributed by atoms with van der Waals surface area (Å²) in [5.74, 6) is -1.59. The van der Waals surface area contributed by atoms with E-state index in [9.17, 15) is 21.6 Å². The molecule has 0 unspecified atom stereocenters. The van der Waals surface area contributed by atoms with E-state index in [1.165, 1.54) is 13.8 Å². The van der Waals surface area contributed by atoms with Crippen molar-refractivity contribution in [1.29, 1.82) is 0 Å². The first-order valence-corrected chi connectivity index (χ1v) is 9.51. The van der Waals surface area contributed by atoms with Crippen molar-refractivity contribution in [3.05, 3.63) is 17.1 Å². The van der Waals surface area contributed by atoms with E-state index >= 15 is 0 Å². The Kier molecular flexibility index (Phi) is 5.18. The molecule has 0 atom stereocenters. The minimum Gasteiger partial charge on any atom is -0.478 e. The average molecular weight is 339 g/mol. The average Bonchev–Trinajstić information content (AvgIpc) is 2.59. The first-order chi connectivity index (χ1) is 9.46. The van der Waals surface area contributed by atoms with Gasteiger partial charge in [0.2, 0.25) is 10.0 Å². The largest absolute Gasteiger partial charge is 0.478 e. The molecule has 0 amide bonds. The lowest BCUT2D eigenvalue weighted by molar-refractivity contribution is 0.0691. The first-order valence-electron chi connectivity index (χ1n) is 5.96. The molecule has 0 radical (unpaired) electrons. The van der Waals surface area contributed by atoms with E-state index in [0.29, 0.717) is 0 Å². The molecule has 1 rings (SSSR count). The minimum atomic E-state index is -4.08. The highest BCUT2D eigenvalue weighted by atomic mass is 32.2. The fraction of sp³-hybridized carbons (Fsp3) is 0.545. The molecule has 0 bridgehead atoms. The van der Waals surface area contributed by atoms with Crippen LogP contribution in [0.25, 0.3) is 0 Å².